The maximum Gasteiger partial charge on any atom is 0.121 e. The van der Waals surface area contributed by atoms with Crippen LogP contribution in [0, 0.1) is 5.92 Å². The second-order valence-electron chi connectivity index (χ2n) is 3.49. The van der Waals surface area contributed by atoms with E-state index in [-0.39, 0.29) is 0 Å². The minimum atomic E-state index is -0.408. The van der Waals surface area contributed by atoms with Gasteiger partial charge in [-0.05, 0) is 25.2 Å². The van der Waals surface area contributed by atoms with Crippen molar-refractivity contribution < 1.29 is 0 Å². The molecule has 0 spiro atoms. The van der Waals surface area contributed by atoms with Gasteiger partial charge in [0.1, 0.15) is 4.33 Å². The molecule has 0 aromatic carbocycles. The van der Waals surface area contributed by atoms with Crippen LogP contribution in [0.3, 0.4) is 0 Å². The molecule has 1 unspecified atom stereocenters. The highest BCUT2D eigenvalue weighted by molar-refractivity contribution is 6.48. The van der Waals surface area contributed by atoms with E-state index >= 15 is 0 Å². The third kappa shape index (κ3) is 2.52. The lowest BCUT2D eigenvalue weighted by Crippen LogP contribution is -2.29. The molecule has 2 heteroatoms. The molecule has 0 aliphatic heterocycles. The lowest BCUT2D eigenvalue weighted by molar-refractivity contribution is 0.316. The molecule has 0 bridgehead atoms. The van der Waals surface area contributed by atoms with Crippen molar-refractivity contribution in [3.8, 4) is 0 Å². The molecule has 0 amide bonds. The van der Waals surface area contributed by atoms with Crippen LogP contribution in [0.4, 0.5) is 0 Å². The third-order valence-electron chi connectivity index (χ3n) is 2.55. The molecule has 1 rings (SSSR count). The van der Waals surface area contributed by atoms with Crippen molar-refractivity contribution in [2.24, 2.45) is 5.92 Å². The highest BCUT2D eigenvalue weighted by atomic mass is 35.5. The van der Waals surface area contributed by atoms with Gasteiger partial charge < -0.3 is 0 Å². The van der Waals surface area contributed by atoms with Crippen LogP contribution in [-0.4, -0.2) is 4.33 Å². The summed E-state index contributed by atoms with van der Waals surface area (Å²) in [6.45, 7) is 2.19. The number of halogens is 2. The lowest BCUT2D eigenvalue weighted by Gasteiger charge is -2.34. The Morgan fingerprint density at radius 1 is 1.36 bits per heavy atom. The second-order valence-corrected chi connectivity index (χ2v) is 5.03. The van der Waals surface area contributed by atoms with Crippen LogP contribution in [0.1, 0.15) is 45.4 Å². The van der Waals surface area contributed by atoms with Gasteiger partial charge in [0.2, 0.25) is 0 Å². The van der Waals surface area contributed by atoms with Crippen LogP contribution >= 0.6 is 23.2 Å². The van der Waals surface area contributed by atoms with Crippen LogP contribution in [0.5, 0.6) is 0 Å². The second kappa shape index (κ2) is 4.00. The molecular weight excluding hydrogens is 179 g/mol. The molecule has 1 fully saturated rings. The van der Waals surface area contributed by atoms with Crippen LogP contribution in [0.15, 0.2) is 0 Å². The van der Waals surface area contributed by atoms with Gasteiger partial charge in [0.15, 0.2) is 0 Å². The van der Waals surface area contributed by atoms with Gasteiger partial charge in [-0.25, -0.2) is 0 Å². The summed E-state index contributed by atoms with van der Waals surface area (Å²) in [6, 6.07) is 0. The monoisotopic (exact) mass is 194 g/mol. The summed E-state index contributed by atoms with van der Waals surface area (Å²) in [4.78, 5) is 0. The van der Waals surface area contributed by atoms with E-state index in [1.165, 1.54) is 32.1 Å². The average Bonchev–Trinajstić information content (AvgIpc) is 1.94. The molecule has 0 saturated heterocycles. The van der Waals surface area contributed by atoms with Gasteiger partial charge in [-0.1, -0.05) is 26.2 Å². The van der Waals surface area contributed by atoms with Crippen molar-refractivity contribution in [2.75, 3.05) is 0 Å². The maximum absolute atomic E-state index is 6.18. The first-order valence-corrected chi connectivity index (χ1v) is 5.30. The fourth-order valence-electron chi connectivity index (χ4n) is 1.87. The molecular formula is C9H16Cl2. The molecule has 1 atom stereocenters. The molecule has 11 heavy (non-hydrogen) atoms. The van der Waals surface area contributed by atoms with E-state index in [4.69, 9.17) is 23.2 Å². The topological polar surface area (TPSA) is 0 Å². The fourth-order valence-corrected chi connectivity index (χ4v) is 2.57. The van der Waals surface area contributed by atoms with Crippen LogP contribution < -0.4 is 0 Å². The third-order valence-corrected chi connectivity index (χ3v) is 3.54. The molecule has 66 valence electrons. The van der Waals surface area contributed by atoms with E-state index in [0.29, 0.717) is 5.92 Å². The Hall–Kier alpha value is 0.580. The first kappa shape index (κ1) is 9.67. The van der Waals surface area contributed by atoms with Crippen molar-refractivity contribution in [3.63, 3.8) is 0 Å². The zero-order valence-corrected chi connectivity index (χ0v) is 8.59. The number of rotatable bonds is 2. The summed E-state index contributed by atoms with van der Waals surface area (Å²) in [5.74, 6) is 0.546. The molecule has 0 radical (unpaired) electrons. The van der Waals surface area contributed by atoms with Gasteiger partial charge in [-0.15, -0.1) is 23.2 Å². The molecule has 1 aliphatic carbocycles. The van der Waals surface area contributed by atoms with E-state index in [1.54, 1.807) is 0 Å². The molecule has 0 heterocycles. The van der Waals surface area contributed by atoms with Gasteiger partial charge in [-0.2, -0.15) is 0 Å². The fraction of sp³-hybridized carbons (Fsp3) is 1.00. The normalized spacial score (nSPS) is 30.3. The number of hydrogen-bond acceptors (Lipinski definition) is 0. The summed E-state index contributed by atoms with van der Waals surface area (Å²) in [7, 11) is 0. The van der Waals surface area contributed by atoms with E-state index < -0.39 is 4.33 Å². The van der Waals surface area contributed by atoms with Crippen LogP contribution in [-0.2, 0) is 0 Å². The minimum absolute atomic E-state index is 0.408. The Morgan fingerprint density at radius 3 is 2.64 bits per heavy atom. The molecule has 1 saturated carbocycles. The Labute approximate surface area is 79.3 Å². The van der Waals surface area contributed by atoms with Gasteiger partial charge in [-0.3, -0.25) is 0 Å². The van der Waals surface area contributed by atoms with Crippen molar-refractivity contribution >= 4 is 23.2 Å². The van der Waals surface area contributed by atoms with E-state index in [1.807, 2.05) is 0 Å². The van der Waals surface area contributed by atoms with Crippen molar-refractivity contribution in [1.29, 1.82) is 0 Å². The summed E-state index contributed by atoms with van der Waals surface area (Å²) < 4.78 is -0.408. The van der Waals surface area contributed by atoms with Crippen molar-refractivity contribution in [2.45, 2.75) is 49.8 Å². The van der Waals surface area contributed by atoms with Crippen molar-refractivity contribution in [1.82, 2.24) is 0 Å². The average molecular weight is 195 g/mol. The highest BCUT2D eigenvalue weighted by Crippen LogP contribution is 2.44. The van der Waals surface area contributed by atoms with Gasteiger partial charge in [0, 0.05) is 0 Å². The standard InChI is InChI=1S/C9H16Cl2/c1-2-5-8-6-3-4-7-9(8,10)11/h8H,2-7H2,1H3. The van der Waals surface area contributed by atoms with E-state index in [0.717, 1.165) is 6.42 Å². The summed E-state index contributed by atoms with van der Waals surface area (Å²) >= 11 is 12.4. The smallest absolute Gasteiger partial charge is 0.101 e. The zero-order valence-electron chi connectivity index (χ0n) is 7.08. The molecule has 0 N–H and O–H groups in total. The first-order chi connectivity index (χ1) is 5.17. The van der Waals surface area contributed by atoms with Crippen molar-refractivity contribution in [3.05, 3.63) is 0 Å². The predicted octanol–water partition coefficient (Wildman–Crippen LogP) is 4.15. The quantitative estimate of drug-likeness (QED) is 0.580. The van der Waals surface area contributed by atoms with Gasteiger partial charge in [0.05, 0.1) is 0 Å². The first-order valence-electron chi connectivity index (χ1n) is 4.54. The van der Waals surface area contributed by atoms with Gasteiger partial charge in [0.25, 0.3) is 0 Å². The Morgan fingerprint density at radius 2 is 2.09 bits per heavy atom. The summed E-state index contributed by atoms with van der Waals surface area (Å²) in [5.41, 5.74) is 0. The highest BCUT2D eigenvalue weighted by Gasteiger charge is 2.35. The molecule has 0 aromatic heterocycles. The van der Waals surface area contributed by atoms with Crippen LogP contribution in [0.25, 0.3) is 0 Å². The molecule has 1 aliphatic rings. The SMILES string of the molecule is CCCC1CCCCC1(Cl)Cl. The van der Waals surface area contributed by atoms with Gasteiger partial charge >= 0.3 is 0 Å². The number of hydrogen-bond donors (Lipinski definition) is 0. The van der Waals surface area contributed by atoms with Crippen LogP contribution in [0.2, 0.25) is 0 Å². The summed E-state index contributed by atoms with van der Waals surface area (Å²) in [6.07, 6.45) is 7.11. The minimum Gasteiger partial charge on any atom is -0.101 e. The van der Waals surface area contributed by atoms with E-state index in [9.17, 15) is 0 Å². The Balaban J connectivity index is 2.45. The zero-order chi connectivity index (χ0) is 8.32. The Kier molecular flexibility index (Phi) is 3.52. The number of alkyl halides is 2. The maximum atomic E-state index is 6.18. The summed E-state index contributed by atoms with van der Waals surface area (Å²) in [5, 5.41) is 0. The largest absolute Gasteiger partial charge is 0.121 e. The molecule has 0 nitrogen and oxygen atoms in total. The lowest BCUT2D eigenvalue weighted by atomic mass is 9.85. The van der Waals surface area contributed by atoms with E-state index in [2.05, 4.69) is 6.92 Å². The Bertz CT molecular complexity index is 119. The predicted molar refractivity (Wildman–Crippen MR) is 51.3 cm³/mol. The molecule has 0 aromatic rings.